The molecule has 2 nitrogen and oxygen atoms in total. The first-order valence-electron chi connectivity index (χ1n) is 6.99. The molecule has 2 rings (SSSR count). The zero-order valence-corrected chi connectivity index (χ0v) is 11.7. The number of hydrogen-bond donors (Lipinski definition) is 1. The van der Waals surface area contributed by atoms with Gasteiger partial charge in [-0.2, -0.15) is 0 Å². The van der Waals surface area contributed by atoms with Crippen molar-refractivity contribution in [1.29, 1.82) is 0 Å². The lowest BCUT2D eigenvalue weighted by molar-refractivity contribution is 0.0948. The summed E-state index contributed by atoms with van der Waals surface area (Å²) in [7, 11) is 0. The summed E-state index contributed by atoms with van der Waals surface area (Å²) >= 11 is 0. The van der Waals surface area contributed by atoms with E-state index in [4.69, 9.17) is 0 Å². The van der Waals surface area contributed by atoms with Gasteiger partial charge in [-0.15, -0.1) is 0 Å². The Bertz CT molecular complexity index is 449. The molecule has 2 heteroatoms. The van der Waals surface area contributed by atoms with Crippen molar-refractivity contribution in [3.63, 3.8) is 0 Å². The molecular weight excluding hydrogens is 222 g/mol. The summed E-state index contributed by atoms with van der Waals surface area (Å²) in [6, 6.07) is 4.14. The molecule has 1 aromatic carbocycles. The Labute approximate surface area is 110 Å². The van der Waals surface area contributed by atoms with E-state index in [0.717, 1.165) is 18.5 Å². The average Bonchev–Trinajstić information content (AvgIpc) is 2.37. The van der Waals surface area contributed by atoms with Crippen LogP contribution in [-0.4, -0.2) is 12.5 Å². The van der Waals surface area contributed by atoms with Gasteiger partial charge in [0, 0.05) is 12.1 Å². The Morgan fingerprint density at radius 1 is 1.28 bits per heavy atom. The molecule has 1 aliphatic rings. The Morgan fingerprint density at radius 2 is 2.00 bits per heavy atom. The molecule has 98 valence electrons. The fourth-order valence-electron chi connectivity index (χ4n) is 2.65. The van der Waals surface area contributed by atoms with E-state index in [1.54, 1.807) is 0 Å². The van der Waals surface area contributed by atoms with E-state index in [1.807, 2.05) is 6.07 Å². The van der Waals surface area contributed by atoms with Crippen LogP contribution < -0.4 is 5.32 Å². The molecule has 0 bridgehead atoms. The lowest BCUT2D eigenvalue weighted by atomic mass is 9.86. The highest BCUT2D eigenvalue weighted by Crippen LogP contribution is 2.26. The molecule has 0 aliphatic heterocycles. The van der Waals surface area contributed by atoms with Crippen molar-refractivity contribution >= 4 is 5.91 Å². The molecule has 1 N–H and O–H groups in total. The molecule has 0 spiro atoms. The maximum Gasteiger partial charge on any atom is 0.251 e. The zero-order valence-electron chi connectivity index (χ0n) is 11.7. The first-order chi connectivity index (χ1) is 8.59. The van der Waals surface area contributed by atoms with E-state index in [2.05, 4.69) is 32.2 Å². The number of carbonyl (C=O) groups is 1. The smallest absolute Gasteiger partial charge is 0.251 e. The first-order valence-corrected chi connectivity index (χ1v) is 6.99. The molecule has 0 saturated heterocycles. The van der Waals surface area contributed by atoms with Crippen molar-refractivity contribution < 1.29 is 4.79 Å². The first kappa shape index (κ1) is 13.1. The molecule has 0 saturated carbocycles. The molecule has 0 heterocycles. The molecule has 0 fully saturated rings. The molecular formula is C16H23NO. The van der Waals surface area contributed by atoms with Crippen molar-refractivity contribution in [2.24, 2.45) is 5.92 Å². The van der Waals surface area contributed by atoms with Crippen molar-refractivity contribution in [1.82, 2.24) is 5.32 Å². The molecule has 1 aromatic rings. The second-order valence-electron chi connectivity index (χ2n) is 5.69. The van der Waals surface area contributed by atoms with Gasteiger partial charge in [0.15, 0.2) is 0 Å². The minimum atomic E-state index is 0.0783. The largest absolute Gasteiger partial charge is 0.352 e. The van der Waals surface area contributed by atoms with Gasteiger partial charge in [-0.1, -0.05) is 19.9 Å². The van der Waals surface area contributed by atoms with Gasteiger partial charge < -0.3 is 5.32 Å². The summed E-state index contributed by atoms with van der Waals surface area (Å²) in [4.78, 5) is 12.1. The summed E-state index contributed by atoms with van der Waals surface area (Å²) < 4.78 is 0. The standard InChI is InChI=1S/C16H23NO/c1-11(2)10-17-16(18)15-9-8-13-6-4-5-7-14(13)12(15)3/h8-9,11H,4-7,10H2,1-3H3,(H,17,18). The van der Waals surface area contributed by atoms with Gasteiger partial charge in [0.2, 0.25) is 0 Å². The lowest BCUT2D eigenvalue weighted by Crippen LogP contribution is -2.28. The van der Waals surface area contributed by atoms with Crippen molar-refractivity contribution in [2.45, 2.75) is 46.5 Å². The van der Waals surface area contributed by atoms with E-state index < -0.39 is 0 Å². The number of rotatable bonds is 3. The number of fused-ring (bicyclic) bond motifs is 1. The third-order valence-corrected chi connectivity index (χ3v) is 3.73. The highest BCUT2D eigenvalue weighted by atomic mass is 16.1. The quantitative estimate of drug-likeness (QED) is 0.870. The van der Waals surface area contributed by atoms with E-state index in [9.17, 15) is 4.79 Å². The summed E-state index contributed by atoms with van der Waals surface area (Å²) in [5, 5.41) is 3.01. The second kappa shape index (κ2) is 5.55. The fraction of sp³-hybridized carbons (Fsp3) is 0.562. The normalized spacial score (nSPS) is 14.4. The Kier molecular flexibility index (Phi) is 4.05. The van der Waals surface area contributed by atoms with Crippen LogP contribution >= 0.6 is 0 Å². The van der Waals surface area contributed by atoms with E-state index in [-0.39, 0.29) is 5.91 Å². The van der Waals surface area contributed by atoms with Crippen LogP contribution in [0.4, 0.5) is 0 Å². The number of nitrogens with one attached hydrogen (secondary N) is 1. The Morgan fingerprint density at radius 3 is 2.72 bits per heavy atom. The summed E-state index contributed by atoms with van der Waals surface area (Å²) in [6.45, 7) is 7.06. The van der Waals surface area contributed by atoms with Crippen LogP contribution in [0.2, 0.25) is 0 Å². The van der Waals surface area contributed by atoms with Crippen LogP contribution in [0, 0.1) is 12.8 Å². The van der Waals surface area contributed by atoms with Gasteiger partial charge in [0.25, 0.3) is 5.91 Å². The van der Waals surface area contributed by atoms with E-state index >= 15 is 0 Å². The van der Waals surface area contributed by atoms with Gasteiger partial charge in [-0.3, -0.25) is 4.79 Å². The van der Waals surface area contributed by atoms with Crippen LogP contribution in [-0.2, 0) is 12.8 Å². The summed E-state index contributed by atoms with van der Waals surface area (Å²) in [5.74, 6) is 0.571. The van der Waals surface area contributed by atoms with Gasteiger partial charge in [-0.25, -0.2) is 0 Å². The van der Waals surface area contributed by atoms with Gasteiger partial charge >= 0.3 is 0 Å². The Hall–Kier alpha value is -1.31. The molecule has 0 atom stereocenters. The molecule has 0 aromatic heterocycles. The topological polar surface area (TPSA) is 29.1 Å². The average molecular weight is 245 g/mol. The van der Waals surface area contributed by atoms with Gasteiger partial charge in [0.1, 0.15) is 0 Å². The number of carbonyl (C=O) groups excluding carboxylic acids is 1. The molecule has 0 unspecified atom stereocenters. The summed E-state index contributed by atoms with van der Waals surface area (Å²) in [5.41, 5.74) is 4.90. The monoisotopic (exact) mass is 245 g/mol. The molecule has 18 heavy (non-hydrogen) atoms. The highest BCUT2D eigenvalue weighted by molar-refractivity contribution is 5.96. The van der Waals surface area contributed by atoms with Crippen molar-refractivity contribution in [3.8, 4) is 0 Å². The predicted octanol–water partition coefficient (Wildman–Crippen LogP) is 3.26. The van der Waals surface area contributed by atoms with Crippen LogP contribution in [0.5, 0.6) is 0 Å². The zero-order chi connectivity index (χ0) is 13.1. The van der Waals surface area contributed by atoms with Crippen LogP contribution in [0.25, 0.3) is 0 Å². The maximum absolute atomic E-state index is 12.1. The lowest BCUT2D eigenvalue weighted by Gasteiger charge is -2.20. The second-order valence-corrected chi connectivity index (χ2v) is 5.69. The van der Waals surface area contributed by atoms with Crippen molar-refractivity contribution in [2.75, 3.05) is 6.54 Å². The minimum Gasteiger partial charge on any atom is -0.352 e. The number of benzene rings is 1. The number of aryl methyl sites for hydroxylation is 1. The number of hydrogen-bond acceptors (Lipinski definition) is 1. The third-order valence-electron chi connectivity index (χ3n) is 3.73. The third kappa shape index (κ3) is 2.74. The van der Waals surface area contributed by atoms with Gasteiger partial charge in [-0.05, 0) is 61.3 Å². The van der Waals surface area contributed by atoms with Gasteiger partial charge in [0.05, 0.1) is 0 Å². The summed E-state index contributed by atoms with van der Waals surface area (Å²) in [6.07, 6.45) is 4.84. The van der Waals surface area contributed by atoms with Crippen LogP contribution in [0.3, 0.4) is 0 Å². The van der Waals surface area contributed by atoms with Crippen LogP contribution in [0.15, 0.2) is 12.1 Å². The highest BCUT2D eigenvalue weighted by Gasteiger charge is 2.17. The SMILES string of the molecule is Cc1c(C(=O)NCC(C)C)ccc2c1CCCC2. The van der Waals surface area contributed by atoms with Crippen molar-refractivity contribution in [3.05, 3.63) is 34.4 Å². The minimum absolute atomic E-state index is 0.0783. The molecule has 1 aliphatic carbocycles. The van der Waals surface area contributed by atoms with E-state index in [0.29, 0.717) is 5.92 Å². The Balaban J connectivity index is 2.21. The number of amides is 1. The molecule has 0 radical (unpaired) electrons. The molecule has 1 amide bonds. The maximum atomic E-state index is 12.1. The van der Waals surface area contributed by atoms with E-state index in [1.165, 1.54) is 36.0 Å². The fourth-order valence-corrected chi connectivity index (χ4v) is 2.65. The van der Waals surface area contributed by atoms with Crippen LogP contribution in [0.1, 0.15) is 53.7 Å². The predicted molar refractivity (Wildman–Crippen MR) is 75.0 cm³/mol.